The van der Waals surface area contributed by atoms with Crippen LogP contribution >= 0.6 is 0 Å². The third-order valence-electron chi connectivity index (χ3n) is 3.89. The van der Waals surface area contributed by atoms with E-state index in [0.29, 0.717) is 11.6 Å². The molecule has 1 aliphatic heterocycles. The Morgan fingerprint density at radius 1 is 1.22 bits per heavy atom. The van der Waals surface area contributed by atoms with Gasteiger partial charge in [0.2, 0.25) is 10.0 Å². The zero-order valence-electron chi connectivity index (χ0n) is 12.9. The fourth-order valence-electron chi connectivity index (χ4n) is 2.72. The van der Waals surface area contributed by atoms with E-state index in [4.69, 9.17) is 4.74 Å². The second-order valence-electron chi connectivity index (χ2n) is 5.85. The molecule has 1 N–H and O–H groups in total. The monoisotopic (exact) mass is 335 g/mol. The van der Waals surface area contributed by atoms with Crippen LogP contribution in [0.1, 0.15) is 18.4 Å². The molecule has 2 heterocycles. The molecule has 23 heavy (non-hydrogen) atoms. The Balaban J connectivity index is 1.59. The van der Waals surface area contributed by atoms with Gasteiger partial charge < -0.3 is 4.74 Å². The maximum atomic E-state index is 12.2. The summed E-state index contributed by atoms with van der Waals surface area (Å²) in [5.74, 6) is 0.497. The number of anilines is 1. The molecule has 7 heteroatoms. The highest BCUT2D eigenvalue weighted by molar-refractivity contribution is 7.91. The van der Waals surface area contributed by atoms with E-state index in [-0.39, 0.29) is 5.75 Å². The average molecular weight is 335 g/mol. The van der Waals surface area contributed by atoms with E-state index in [0.717, 1.165) is 38.2 Å². The van der Waals surface area contributed by atoms with Gasteiger partial charge in [-0.2, -0.15) is 5.10 Å². The molecule has 0 amide bonds. The highest BCUT2D eigenvalue weighted by atomic mass is 32.2. The summed E-state index contributed by atoms with van der Waals surface area (Å²) in [5.41, 5.74) is 1.27. The molecule has 0 saturated carbocycles. The summed E-state index contributed by atoms with van der Waals surface area (Å²) in [6.07, 6.45) is 5.35. The van der Waals surface area contributed by atoms with Crippen LogP contribution in [0.4, 0.5) is 5.69 Å². The SMILES string of the molecule is O=S(=O)(Cc1ccccc1)Nc1cnn(CC2CCOCC2)c1. The predicted molar refractivity (Wildman–Crippen MR) is 88.5 cm³/mol. The summed E-state index contributed by atoms with van der Waals surface area (Å²) >= 11 is 0. The lowest BCUT2D eigenvalue weighted by atomic mass is 10.0. The lowest BCUT2D eigenvalue weighted by molar-refractivity contribution is 0.0601. The van der Waals surface area contributed by atoms with Crippen molar-refractivity contribution in [1.29, 1.82) is 0 Å². The maximum absolute atomic E-state index is 12.2. The van der Waals surface area contributed by atoms with Crippen LogP contribution in [0.15, 0.2) is 42.7 Å². The number of nitrogens with zero attached hydrogens (tertiary/aromatic N) is 2. The van der Waals surface area contributed by atoms with Gasteiger partial charge in [-0.15, -0.1) is 0 Å². The zero-order chi connectivity index (χ0) is 16.1. The lowest BCUT2D eigenvalue weighted by Crippen LogP contribution is -2.20. The number of rotatable bonds is 6. The molecule has 0 atom stereocenters. The van der Waals surface area contributed by atoms with Crippen molar-refractivity contribution in [3.63, 3.8) is 0 Å². The van der Waals surface area contributed by atoms with Crippen LogP contribution in [0.3, 0.4) is 0 Å². The largest absolute Gasteiger partial charge is 0.381 e. The van der Waals surface area contributed by atoms with Gasteiger partial charge in [-0.3, -0.25) is 9.40 Å². The molecular formula is C16H21N3O3S. The molecule has 0 bridgehead atoms. The van der Waals surface area contributed by atoms with Crippen LogP contribution < -0.4 is 4.72 Å². The van der Waals surface area contributed by atoms with Crippen LogP contribution in [-0.4, -0.2) is 31.4 Å². The summed E-state index contributed by atoms with van der Waals surface area (Å²) in [6.45, 7) is 2.38. The summed E-state index contributed by atoms with van der Waals surface area (Å²) < 4.78 is 34.1. The number of hydrogen-bond acceptors (Lipinski definition) is 4. The van der Waals surface area contributed by atoms with Crippen LogP contribution in [0, 0.1) is 5.92 Å². The molecule has 0 radical (unpaired) electrons. The average Bonchev–Trinajstić information content (AvgIpc) is 2.95. The van der Waals surface area contributed by atoms with Gasteiger partial charge in [0.25, 0.3) is 0 Å². The number of benzene rings is 1. The van der Waals surface area contributed by atoms with Gasteiger partial charge >= 0.3 is 0 Å². The molecule has 6 nitrogen and oxygen atoms in total. The first-order chi connectivity index (χ1) is 11.1. The lowest BCUT2D eigenvalue weighted by Gasteiger charge is -2.21. The van der Waals surface area contributed by atoms with E-state index in [1.807, 2.05) is 18.2 Å². The second kappa shape index (κ2) is 7.14. The Kier molecular flexibility index (Phi) is 4.97. The molecule has 0 unspecified atom stereocenters. The van der Waals surface area contributed by atoms with E-state index in [9.17, 15) is 8.42 Å². The Morgan fingerprint density at radius 3 is 2.70 bits per heavy atom. The van der Waals surface area contributed by atoms with Crippen molar-refractivity contribution < 1.29 is 13.2 Å². The van der Waals surface area contributed by atoms with Gasteiger partial charge in [0.15, 0.2) is 0 Å². The molecule has 1 saturated heterocycles. The van der Waals surface area contributed by atoms with Gasteiger partial charge in [0.05, 0.1) is 17.6 Å². The molecule has 0 spiro atoms. The third kappa shape index (κ3) is 4.80. The Hall–Kier alpha value is -1.86. The van der Waals surface area contributed by atoms with Gasteiger partial charge in [-0.25, -0.2) is 8.42 Å². The fourth-order valence-corrected chi connectivity index (χ4v) is 3.89. The van der Waals surface area contributed by atoms with E-state index in [2.05, 4.69) is 9.82 Å². The van der Waals surface area contributed by atoms with E-state index in [1.54, 1.807) is 29.2 Å². The topological polar surface area (TPSA) is 73.2 Å². The standard InChI is InChI=1S/C16H21N3O3S/c20-23(21,13-15-4-2-1-3-5-15)18-16-10-17-19(12-16)11-14-6-8-22-9-7-14/h1-5,10,12,14,18H,6-9,11,13H2. The molecule has 0 aliphatic carbocycles. The highest BCUT2D eigenvalue weighted by Gasteiger charge is 2.16. The van der Waals surface area contributed by atoms with Crippen LogP contribution in [0.5, 0.6) is 0 Å². The van der Waals surface area contributed by atoms with Crippen molar-refractivity contribution in [3.8, 4) is 0 Å². The first-order valence-corrected chi connectivity index (χ1v) is 9.40. The Labute approximate surface area is 136 Å². The second-order valence-corrected chi connectivity index (χ2v) is 7.58. The number of ether oxygens (including phenoxy) is 1. The van der Waals surface area contributed by atoms with E-state index < -0.39 is 10.0 Å². The van der Waals surface area contributed by atoms with Crippen LogP contribution in [-0.2, 0) is 27.1 Å². The Bertz CT molecular complexity index is 722. The summed E-state index contributed by atoms with van der Waals surface area (Å²) in [5, 5.41) is 4.25. The number of nitrogens with one attached hydrogen (secondary N) is 1. The third-order valence-corrected chi connectivity index (χ3v) is 5.15. The zero-order valence-corrected chi connectivity index (χ0v) is 13.7. The van der Waals surface area contributed by atoms with Crippen molar-refractivity contribution in [1.82, 2.24) is 9.78 Å². The quantitative estimate of drug-likeness (QED) is 0.879. The minimum Gasteiger partial charge on any atom is -0.381 e. The summed E-state index contributed by atoms with van der Waals surface area (Å²) in [7, 11) is -3.43. The first-order valence-electron chi connectivity index (χ1n) is 7.75. The minimum absolute atomic E-state index is 0.0427. The van der Waals surface area contributed by atoms with Gasteiger partial charge in [-0.05, 0) is 24.3 Å². The van der Waals surface area contributed by atoms with Crippen LogP contribution in [0.2, 0.25) is 0 Å². The van der Waals surface area contributed by atoms with Crippen LogP contribution in [0.25, 0.3) is 0 Å². The van der Waals surface area contributed by atoms with Crippen molar-refractivity contribution in [2.24, 2.45) is 5.92 Å². The fraction of sp³-hybridized carbons (Fsp3) is 0.438. The molecule has 3 rings (SSSR count). The normalized spacial score (nSPS) is 16.3. The maximum Gasteiger partial charge on any atom is 0.237 e. The molecule has 1 fully saturated rings. The van der Waals surface area contributed by atoms with Crippen molar-refractivity contribution >= 4 is 15.7 Å². The number of sulfonamides is 1. The minimum atomic E-state index is -3.43. The molecule has 124 valence electrons. The molecule has 2 aromatic rings. The van der Waals surface area contributed by atoms with Crippen molar-refractivity contribution in [3.05, 3.63) is 48.3 Å². The molecule has 1 aromatic carbocycles. The van der Waals surface area contributed by atoms with Gasteiger partial charge in [0.1, 0.15) is 0 Å². The summed E-state index contributed by atoms with van der Waals surface area (Å²) in [6, 6.07) is 9.12. The van der Waals surface area contributed by atoms with Gasteiger partial charge in [-0.1, -0.05) is 30.3 Å². The van der Waals surface area contributed by atoms with Gasteiger partial charge in [0, 0.05) is 26.0 Å². The Morgan fingerprint density at radius 2 is 1.96 bits per heavy atom. The summed E-state index contributed by atoms with van der Waals surface area (Å²) in [4.78, 5) is 0. The molecular weight excluding hydrogens is 314 g/mol. The highest BCUT2D eigenvalue weighted by Crippen LogP contribution is 2.18. The number of hydrogen-bond donors (Lipinski definition) is 1. The van der Waals surface area contributed by atoms with E-state index >= 15 is 0 Å². The first kappa shape index (κ1) is 16.0. The number of aromatic nitrogens is 2. The molecule has 1 aliphatic rings. The van der Waals surface area contributed by atoms with Crippen molar-refractivity contribution in [2.45, 2.75) is 25.1 Å². The van der Waals surface area contributed by atoms with E-state index in [1.165, 1.54) is 0 Å². The smallest absolute Gasteiger partial charge is 0.237 e. The molecule has 1 aromatic heterocycles. The van der Waals surface area contributed by atoms with Crippen molar-refractivity contribution in [2.75, 3.05) is 17.9 Å². The predicted octanol–water partition coefficient (Wildman–Crippen LogP) is 2.25.